The normalized spacial score (nSPS) is 10.9. The molecule has 0 saturated heterocycles. The van der Waals surface area contributed by atoms with Gasteiger partial charge in [-0.05, 0) is 30.0 Å². The fourth-order valence-electron chi connectivity index (χ4n) is 2.48. The molecular weight excluding hydrogens is 335 g/mol. The van der Waals surface area contributed by atoms with Crippen LogP contribution in [0.25, 0.3) is 21.5 Å². The third kappa shape index (κ3) is 3.07. The number of hydrogen-bond donors (Lipinski definition) is 0. The number of halogens is 2. The average molecular weight is 349 g/mol. The monoisotopic (exact) mass is 348 g/mol. The van der Waals surface area contributed by atoms with Crippen molar-refractivity contribution in [2.24, 2.45) is 0 Å². The lowest BCUT2D eigenvalue weighted by molar-refractivity contribution is 0.100. The fraction of sp³-hybridized carbons (Fsp3) is 0.167. The minimum absolute atomic E-state index is 0.302. The molecule has 0 aliphatic carbocycles. The second-order valence-corrected chi connectivity index (χ2v) is 5.89. The van der Waals surface area contributed by atoms with Crippen molar-refractivity contribution >= 4 is 50.9 Å². The number of fused-ring (bicyclic) bond motifs is 2. The molecule has 0 fully saturated rings. The molecule has 0 unspecified atom stereocenters. The van der Waals surface area contributed by atoms with E-state index in [4.69, 9.17) is 32.7 Å². The van der Waals surface area contributed by atoms with E-state index in [0.717, 1.165) is 17.2 Å². The Hall–Kier alpha value is -1.97. The van der Waals surface area contributed by atoms with E-state index in [1.165, 1.54) is 0 Å². The van der Waals surface area contributed by atoms with Gasteiger partial charge in [0.05, 0.1) is 11.6 Å². The minimum Gasteiger partial charge on any atom is -0.434 e. The van der Waals surface area contributed by atoms with Crippen LogP contribution in [0.2, 0.25) is 10.0 Å². The summed E-state index contributed by atoms with van der Waals surface area (Å²) < 4.78 is 10.5. The van der Waals surface area contributed by atoms with Crippen LogP contribution in [0.3, 0.4) is 0 Å². The SMILES string of the molecule is CCCOC(=O)Oc1c2cccc(Cl)c2cc2cccc(Cl)c12. The smallest absolute Gasteiger partial charge is 0.434 e. The van der Waals surface area contributed by atoms with Crippen LogP contribution in [0.15, 0.2) is 42.5 Å². The first-order valence-corrected chi connectivity index (χ1v) is 8.01. The molecule has 3 nitrogen and oxygen atoms in total. The van der Waals surface area contributed by atoms with Crippen LogP contribution in [0.4, 0.5) is 4.79 Å². The molecule has 0 N–H and O–H groups in total. The zero-order valence-electron chi connectivity index (χ0n) is 12.4. The lowest BCUT2D eigenvalue weighted by Crippen LogP contribution is -2.11. The van der Waals surface area contributed by atoms with Gasteiger partial charge in [-0.2, -0.15) is 0 Å². The number of ether oxygens (including phenoxy) is 2. The van der Waals surface area contributed by atoms with Gasteiger partial charge in [-0.1, -0.05) is 54.4 Å². The minimum atomic E-state index is -0.749. The molecule has 3 aromatic carbocycles. The van der Waals surface area contributed by atoms with Gasteiger partial charge in [0.25, 0.3) is 0 Å². The molecule has 3 aromatic rings. The molecule has 0 spiro atoms. The average Bonchev–Trinajstić information content (AvgIpc) is 2.54. The van der Waals surface area contributed by atoms with Crippen LogP contribution < -0.4 is 4.74 Å². The van der Waals surface area contributed by atoms with Crippen molar-refractivity contribution in [3.8, 4) is 5.75 Å². The van der Waals surface area contributed by atoms with Crippen LogP contribution in [-0.2, 0) is 4.74 Å². The molecular formula is C18H14Cl2O3. The van der Waals surface area contributed by atoms with Crippen molar-refractivity contribution < 1.29 is 14.3 Å². The van der Waals surface area contributed by atoms with Crippen LogP contribution in [0.1, 0.15) is 13.3 Å². The largest absolute Gasteiger partial charge is 0.513 e. The van der Waals surface area contributed by atoms with Crippen molar-refractivity contribution in [3.05, 3.63) is 52.5 Å². The standard InChI is InChI=1S/C18H14Cl2O3/c1-2-9-22-18(21)23-17-12-6-4-7-14(19)13(12)10-11-5-3-8-15(20)16(11)17/h3-8,10H,2,9H2,1H3. The lowest BCUT2D eigenvalue weighted by Gasteiger charge is -2.13. The molecule has 3 rings (SSSR count). The van der Waals surface area contributed by atoms with Crippen LogP contribution in [-0.4, -0.2) is 12.8 Å². The predicted molar refractivity (Wildman–Crippen MR) is 93.7 cm³/mol. The van der Waals surface area contributed by atoms with E-state index in [1.807, 2.05) is 31.2 Å². The Bertz CT molecular complexity index is 890. The summed E-state index contributed by atoms with van der Waals surface area (Å²) in [6.07, 6.45) is -0.0293. The number of benzene rings is 3. The Balaban J connectivity index is 2.25. The number of carbonyl (C=O) groups excluding carboxylic acids is 1. The Labute approximate surface area is 143 Å². The van der Waals surface area contributed by atoms with Crippen molar-refractivity contribution in [1.29, 1.82) is 0 Å². The van der Waals surface area contributed by atoms with Crippen LogP contribution >= 0.6 is 23.2 Å². The Morgan fingerprint density at radius 1 is 1.04 bits per heavy atom. The molecule has 0 radical (unpaired) electrons. The Kier molecular flexibility index (Phi) is 4.60. The molecule has 0 heterocycles. The van der Waals surface area contributed by atoms with Gasteiger partial charge in [-0.3, -0.25) is 0 Å². The topological polar surface area (TPSA) is 35.5 Å². The quantitative estimate of drug-likeness (QED) is 0.320. The summed E-state index contributed by atoms with van der Waals surface area (Å²) in [4.78, 5) is 11.9. The molecule has 5 heteroatoms. The summed E-state index contributed by atoms with van der Waals surface area (Å²) in [5.41, 5.74) is 0. The molecule has 0 aromatic heterocycles. The van der Waals surface area contributed by atoms with E-state index >= 15 is 0 Å². The molecule has 0 saturated carbocycles. The third-order valence-corrected chi connectivity index (χ3v) is 4.12. The summed E-state index contributed by atoms with van der Waals surface area (Å²) in [6.45, 7) is 2.22. The summed E-state index contributed by atoms with van der Waals surface area (Å²) in [7, 11) is 0. The van der Waals surface area contributed by atoms with Crippen LogP contribution in [0, 0.1) is 0 Å². The van der Waals surface area contributed by atoms with Gasteiger partial charge in [0.2, 0.25) is 0 Å². The van der Waals surface area contributed by atoms with E-state index < -0.39 is 6.16 Å². The van der Waals surface area contributed by atoms with E-state index in [-0.39, 0.29) is 0 Å². The van der Waals surface area contributed by atoms with Gasteiger partial charge in [-0.25, -0.2) is 4.79 Å². The van der Waals surface area contributed by atoms with Crippen molar-refractivity contribution in [2.75, 3.05) is 6.61 Å². The second kappa shape index (κ2) is 6.65. The first-order chi connectivity index (χ1) is 11.1. The zero-order chi connectivity index (χ0) is 16.4. The van der Waals surface area contributed by atoms with Gasteiger partial charge >= 0.3 is 6.16 Å². The second-order valence-electron chi connectivity index (χ2n) is 5.08. The first-order valence-electron chi connectivity index (χ1n) is 7.26. The van der Waals surface area contributed by atoms with Crippen LogP contribution in [0.5, 0.6) is 5.75 Å². The van der Waals surface area contributed by atoms with E-state index in [2.05, 4.69) is 0 Å². The maximum atomic E-state index is 11.9. The van der Waals surface area contributed by atoms with E-state index in [0.29, 0.717) is 33.2 Å². The maximum Gasteiger partial charge on any atom is 0.513 e. The molecule has 23 heavy (non-hydrogen) atoms. The van der Waals surface area contributed by atoms with Gasteiger partial charge in [0.15, 0.2) is 5.75 Å². The molecule has 0 amide bonds. The Morgan fingerprint density at radius 3 is 2.57 bits per heavy atom. The summed E-state index contributed by atoms with van der Waals surface area (Å²) >= 11 is 12.6. The maximum absolute atomic E-state index is 11.9. The molecule has 0 bridgehead atoms. The molecule has 118 valence electrons. The van der Waals surface area contributed by atoms with Crippen molar-refractivity contribution in [3.63, 3.8) is 0 Å². The molecule has 0 aliphatic rings. The third-order valence-electron chi connectivity index (χ3n) is 3.48. The first kappa shape index (κ1) is 15.9. The highest BCUT2D eigenvalue weighted by Gasteiger charge is 2.17. The summed E-state index contributed by atoms with van der Waals surface area (Å²) in [5, 5.41) is 4.10. The predicted octanol–water partition coefficient (Wildman–Crippen LogP) is 6.23. The highest BCUT2D eigenvalue weighted by atomic mass is 35.5. The van der Waals surface area contributed by atoms with E-state index in [1.54, 1.807) is 18.2 Å². The van der Waals surface area contributed by atoms with Gasteiger partial charge < -0.3 is 9.47 Å². The lowest BCUT2D eigenvalue weighted by atomic mass is 10.0. The van der Waals surface area contributed by atoms with Gasteiger partial charge in [0, 0.05) is 21.2 Å². The van der Waals surface area contributed by atoms with Gasteiger partial charge in [0.1, 0.15) is 0 Å². The highest BCUT2D eigenvalue weighted by molar-refractivity contribution is 6.39. The number of carbonyl (C=O) groups is 1. The fourth-order valence-corrected chi connectivity index (χ4v) is 2.97. The molecule has 0 atom stereocenters. The van der Waals surface area contributed by atoms with E-state index in [9.17, 15) is 4.79 Å². The van der Waals surface area contributed by atoms with Crippen molar-refractivity contribution in [1.82, 2.24) is 0 Å². The zero-order valence-corrected chi connectivity index (χ0v) is 13.9. The number of rotatable bonds is 3. The van der Waals surface area contributed by atoms with Crippen molar-refractivity contribution in [2.45, 2.75) is 13.3 Å². The Morgan fingerprint density at radius 2 is 1.78 bits per heavy atom. The molecule has 0 aliphatic heterocycles. The summed E-state index contributed by atoms with van der Waals surface area (Å²) in [6, 6.07) is 12.9. The summed E-state index contributed by atoms with van der Waals surface area (Å²) in [5.74, 6) is 0.367. The number of hydrogen-bond acceptors (Lipinski definition) is 3. The van der Waals surface area contributed by atoms with Gasteiger partial charge in [-0.15, -0.1) is 0 Å². The highest BCUT2D eigenvalue weighted by Crippen LogP contribution is 2.41.